The first-order chi connectivity index (χ1) is 14.7. The highest BCUT2D eigenvalue weighted by atomic mass is 16.5. The van der Waals surface area contributed by atoms with E-state index in [9.17, 15) is 24.0 Å². The second-order valence-corrected chi connectivity index (χ2v) is 6.84. The van der Waals surface area contributed by atoms with Crippen molar-refractivity contribution in [2.75, 3.05) is 21.3 Å². The van der Waals surface area contributed by atoms with E-state index < -0.39 is 53.6 Å². The topological polar surface area (TPSA) is 137 Å². The molecule has 1 aromatic carbocycles. The molecule has 0 fully saturated rings. The Balaban J connectivity index is 3.17. The summed E-state index contributed by atoms with van der Waals surface area (Å²) in [6.45, 7) is 2.67. The van der Waals surface area contributed by atoms with E-state index in [1.54, 1.807) is 24.3 Å². The minimum Gasteiger partial charge on any atom is -0.468 e. The first kappa shape index (κ1) is 25.6. The Kier molecular flexibility index (Phi) is 10.2. The third-order valence-corrected chi connectivity index (χ3v) is 4.69. The van der Waals surface area contributed by atoms with Crippen LogP contribution < -0.4 is 10.6 Å². The number of carbonyl (C=O) groups excluding carboxylic acids is 5. The molecular formula is C21H28N2O8. The van der Waals surface area contributed by atoms with E-state index in [0.29, 0.717) is 0 Å². The lowest BCUT2D eigenvalue weighted by molar-refractivity contribution is -0.163. The molecule has 0 saturated carbocycles. The lowest BCUT2D eigenvalue weighted by Gasteiger charge is -2.28. The molecule has 31 heavy (non-hydrogen) atoms. The van der Waals surface area contributed by atoms with Gasteiger partial charge in [-0.2, -0.15) is 0 Å². The van der Waals surface area contributed by atoms with Gasteiger partial charge in [-0.3, -0.25) is 19.2 Å². The molecule has 0 aliphatic rings. The molecule has 170 valence electrons. The molecule has 0 saturated heterocycles. The second kappa shape index (κ2) is 12.3. The molecule has 1 aromatic rings. The monoisotopic (exact) mass is 436 g/mol. The van der Waals surface area contributed by atoms with Crippen molar-refractivity contribution in [2.24, 2.45) is 11.8 Å². The first-order valence-corrected chi connectivity index (χ1v) is 9.51. The number of methoxy groups -OCH3 is 3. The number of amides is 2. The van der Waals surface area contributed by atoms with Crippen LogP contribution in [0.3, 0.4) is 0 Å². The van der Waals surface area contributed by atoms with Crippen LogP contribution in [0.1, 0.15) is 19.4 Å². The van der Waals surface area contributed by atoms with E-state index >= 15 is 0 Å². The predicted molar refractivity (Wildman–Crippen MR) is 108 cm³/mol. The van der Waals surface area contributed by atoms with Crippen molar-refractivity contribution >= 4 is 29.7 Å². The maximum Gasteiger partial charge on any atom is 0.328 e. The molecule has 10 nitrogen and oxygen atoms in total. The average Bonchev–Trinajstić information content (AvgIpc) is 2.76. The molecule has 0 heterocycles. The number of nitrogens with one attached hydrogen (secondary N) is 2. The van der Waals surface area contributed by atoms with Crippen LogP contribution in [0.4, 0.5) is 0 Å². The number of hydrogen-bond acceptors (Lipinski definition) is 8. The lowest BCUT2D eigenvalue weighted by atomic mass is 9.87. The van der Waals surface area contributed by atoms with E-state index in [1.807, 2.05) is 6.07 Å². The minimum absolute atomic E-state index is 0.159. The van der Waals surface area contributed by atoms with Crippen LogP contribution in [0.15, 0.2) is 30.3 Å². The third kappa shape index (κ3) is 7.40. The number of ether oxygens (including phenoxy) is 3. The summed E-state index contributed by atoms with van der Waals surface area (Å²) < 4.78 is 14.0. The number of rotatable bonds is 10. The van der Waals surface area contributed by atoms with Crippen molar-refractivity contribution in [1.29, 1.82) is 0 Å². The van der Waals surface area contributed by atoms with E-state index in [2.05, 4.69) is 20.1 Å². The maximum atomic E-state index is 13.0. The second-order valence-electron chi connectivity index (χ2n) is 6.84. The van der Waals surface area contributed by atoms with Gasteiger partial charge in [0.2, 0.25) is 11.8 Å². The third-order valence-electron chi connectivity index (χ3n) is 4.69. The summed E-state index contributed by atoms with van der Waals surface area (Å²) >= 11 is 0. The highest BCUT2D eigenvalue weighted by Crippen LogP contribution is 2.21. The van der Waals surface area contributed by atoms with Crippen molar-refractivity contribution in [3.63, 3.8) is 0 Å². The number of carbonyl (C=O) groups is 5. The summed E-state index contributed by atoms with van der Waals surface area (Å²) in [5.41, 5.74) is 0.779. The van der Waals surface area contributed by atoms with Crippen molar-refractivity contribution < 1.29 is 38.2 Å². The molecule has 2 N–H and O–H groups in total. The molecular weight excluding hydrogens is 408 g/mol. The zero-order chi connectivity index (χ0) is 23.6. The van der Waals surface area contributed by atoms with Crippen molar-refractivity contribution in [1.82, 2.24) is 10.6 Å². The lowest BCUT2D eigenvalue weighted by Crippen LogP contribution is -2.56. The van der Waals surface area contributed by atoms with Crippen LogP contribution in [0.2, 0.25) is 0 Å². The van der Waals surface area contributed by atoms with Crippen LogP contribution in [0.5, 0.6) is 0 Å². The Morgan fingerprint density at radius 2 is 1.35 bits per heavy atom. The van der Waals surface area contributed by atoms with Crippen molar-refractivity contribution in [3.05, 3.63) is 35.9 Å². The van der Waals surface area contributed by atoms with Gasteiger partial charge >= 0.3 is 17.9 Å². The van der Waals surface area contributed by atoms with Gasteiger partial charge in [0.25, 0.3) is 0 Å². The fraction of sp³-hybridized carbons (Fsp3) is 0.476. The molecule has 10 heteroatoms. The Hall–Kier alpha value is -3.43. The maximum absolute atomic E-state index is 13.0. The van der Waals surface area contributed by atoms with Crippen molar-refractivity contribution in [3.8, 4) is 0 Å². The molecule has 0 aromatic heterocycles. The van der Waals surface area contributed by atoms with E-state index in [1.165, 1.54) is 13.8 Å². The average molecular weight is 436 g/mol. The molecule has 2 amide bonds. The summed E-state index contributed by atoms with van der Waals surface area (Å²) in [6.07, 6.45) is 0.159. The van der Waals surface area contributed by atoms with Gasteiger partial charge in [0.05, 0.1) is 21.3 Å². The molecule has 0 radical (unpaired) electrons. The van der Waals surface area contributed by atoms with Gasteiger partial charge in [-0.15, -0.1) is 0 Å². The molecule has 0 aliphatic heterocycles. The van der Waals surface area contributed by atoms with Gasteiger partial charge in [-0.1, -0.05) is 37.3 Å². The smallest absolute Gasteiger partial charge is 0.328 e. The number of hydrogen-bond donors (Lipinski definition) is 2. The quantitative estimate of drug-likeness (QED) is 0.297. The van der Waals surface area contributed by atoms with Crippen LogP contribution in [0.25, 0.3) is 0 Å². The summed E-state index contributed by atoms with van der Waals surface area (Å²) in [5, 5.41) is 5.03. The molecule has 0 bridgehead atoms. The van der Waals surface area contributed by atoms with E-state index in [4.69, 9.17) is 4.74 Å². The Bertz CT molecular complexity index is 780. The zero-order valence-electron chi connectivity index (χ0n) is 18.2. The fourth-order valence-corrected chi connectivity index (χ4v) is 3.06. The van der Waals surface area contributed by atoms with Gasteiger partial charge in [0, 0.05) is 19.3 Å². The van der Waals surface area contributed by atoms with Gasteiger partial charge in [0.15, 0.2) is 5.92 Å². The van der Waals surface area contributed by atoms with E-state index in [-0.39, 0.29) is 6.42 Å². The zero-order valence-corrected chi connectivity index (χ0v) is 18.2. The molecule has 0 aliphatic carbocycles. The molecule has 1 rings (SSSR count). The number of esters is 3. The Labute approximate surface area is 180 Å². The van der Waals surface area contributed by atoms with Gasteiger partial charge in [-0.05, 0) is 5.56 Å². The Morgan fingerprint density at radius 1 is 0.839 bits per heavy atom. The minimum atomic E-state index is -1.48. The summed E-state index contributed by atoms with van der Waals surface area (Å²) in [7, 11) is 3.28. The van der Waals surface area contributed by atoms with Gasteiger partial charge in [0.1, 0.15) is 12.1 Å². The molecule has 3 atom stereocenters. The summed E-state index contributed by atoms with van der Waals surface area (Å²) in [5.74, 6) is -6.40. The fourth-order valence-electron chi connectivity index (χ4n) is 3.06. The van der Waals surface area contributed by atoms with Crippen LogP contribution in [0, 0.1) is 11.8 Å². The normalized spacial score (nSPS) is 13.4. The largest absolute Gasteiger partial charge is 0.468 e. The highest BCUT2D eigenvalue weighted by molar-refractivity contribution is 5.97. The summed E-state index contributed by atoms with van der Waals surface area (Å²) in [4.78, 5) is 61.2. The molecule has 0 unspecified atom stereocenters. The molecule has 0 spiro atoms. The Morgan fingerprint density at radius 3 is 1.81 bits per heavy atom. The standard InChI is InChI=1S/C21H28N2O8/c1-12(16(19(26)29-3)20(27)30-4)17(21(28)31-5)23-18(25)15(22-13(2)24)11-14-9-7-6-8-10-14/h6-10,12,15-17H,11H2,1-5H3,(H,22,24)(H,23,25)/t12-,15+,17-/m1/s1. The first-order valence-electron chi connectivity index (χ1n) is 9.51. The predicted octanol–water partition coefficient (Wildman–Crippen LogP) is -0.0101. The van der Waals surface area contributed by atoms with Crippen molar-refractivity contribution in [2.45, 2.75) is 32.4 Å². The summed E-state index contributed by atoms with van der Waals surface area (Å²) in [6, 6.07) is 6.57. The van der Waals surface area contributed by atoms with E-state index in [0.717, 1.165) is 26.9 Å². The SMILES string of the molecule is COC(=O)C(C(=O)OC)[C@@H](C)[C@@H](NC(=O)[C@H](Cc1ccccc1)NC(C)=O)C(=O)OC. The van der Waals surface area contributed by atoms with Gasteiger partial charge in [-0.25, -0.2) is 4.79 Å². The highest BCUT2D eigenvalue weighted by Gasteiger charge is 2.43. The van der Waals surface area contributed by atoms with Crippen LogP contribution in [-0.4, -0.2) is 63.1 Å². The number of benzene rings is 1. The van der Waals surface area contributed by atoms with Crippen LogP contribution in [-0.2, 0) is 44.6 Å². The van der Waals surface area contributed by atoms with Crippen LogP contribution >= 0.6 is 0 Å². The van der Waals surface area contributed by atoms with Gasteiger partial charge < -0.3 is 24.8 Å².